The Balaban J connectivity index is 2.03. The van der Waals surface area contributed by atoms with Crippen LogP contribution in [0.1, 0.15) is 44.6 Å². The fraction of sp³-hybridized carbons (Fsp3) is 0.476. The molecule has 150 valence electrons. The summed E-state index contributed by atoms with van der Waals surface area (Å²) < 4.78 is 10.7. The van der Waals surface area contributed by atoms with Gasteiger partial charge in [-0.1, -0.05) is 35.3 Å². The summed E-state index contributed by atoms with van der Waals surface area (Å²) >= 11 is 12.7. The monoisotopic (exact) mass is 423 g/mol. The number of Topliss-reactive ketones (excluding diaryl/α,β-unsaturated/α-hetero) is 1. The first-order valence-electron chi connectivity index (χ1n) is 9.45. The third-order valence-electron chi connectivity index (χ3n) is 5.08. The highest BCUT2D eigenvalue weighted by atomic mass is 35.5. The van der Waals surface area contributed by atoms with Crippen molar-refractivity contribution in [1.29, 1.82) is 0 Å². The normalized spacial score (nSPS) is 22.0. The summed E-state index contributed by atoms with van der Waals surface area (Å²) in [5.41, 5.74) is 2.58. The Kier molecular flexibility index (Phi) is 6.91. The molecule has 0 N–H and O–H groups in total. The molecule has 1 heterocycles. The highest BCUT2D eigenvalue weighted by Gasteiger charge is 2.44. The predicted octanol–water partition coefficient (Wildman–Crippen LogP) is 4.75. The van der Waals surface area contributed by atoms with Crippen molar-refractivity contribution in [2.75, 3.05) is 19.8 Å². The van der Waals surface area contributed by atoms with Crippen LogP contribution in [0.4, 0.5) is 0 Å². The molecular weight excluding hydrogens is 401 g/mol. The molecule has 3 rings (SSSR count). The SMILES string of the molecule is CCOCCOC(=O)C1C(C)=NC2=C(C(=O)CCC2)[C@H]1c1cccc(Cl)c1Cl. The van der Waals surface area contributed by atoms with Crippen molar-refractivity contribution in [3.05, 3.63) is 45.1 Å². The first-order valence-corrected chi connectivity index (χ1v) is 10.2. The number of ketones is 1. The van der Waals surface area contributed by atoms with E-state index in [1.54, 1.807) is 19.1 Å². The zero-order valence-corrected chi connectivity index (χ0v) is 17.5. The van der Waals surface area contributed by atoms with Gasteiger partial charge in [0.1, 0.15) is 12.5 Å². The van der Waals surface area contributed by atoms with Gasteiger partial charge in [0.15, 0.2) is 5.78 Å². The molecule has 0 amide bonds. The molecule has 0 aromatic heterocycles. The summed E-state index contributed by atoms with van der Waals surface area (Å²) in [6.45, 7) is 4.68. The van der Waals surface area contributed by atoms with Crippen molar-refractivity contribution in [1.82, 2.24) is 0 Å². The first kappa shape index (κ1) is 21.0. The molecule has 0 saturated carbocycles. The predicted molar refractivity (Wildman–Crippen MR) is 109 cm³/mol. The van der Waals surface area contributed by atoms with Gasteiger partial charge in [0.2, 0.25) is 0 Å². The summed E-state index contributed by atoms with van der Waals surface area (Å²) in [5.74, 6) is -1.71. The summed E-state index contributed by atoms with van der Waals surface area (Å²) in [6.07, 6.45) is 1.90. The van der Waals surface area contributed by atoms with Gasteiger partial charge in [0.05, 0.1) is 16.7 Å². The molecule has 7 heteroatoms. The molecule has 0 spiro atoms. The van der Waals surface area contributed by atoms with E-state index in [0.29, 0.717) is 52.9 Å². The number of carbonyl (C=O) groups excluding carboxylic acids is 2. The molecule has 1 aromatic rings. The molecule has 1 aromatic carbocycles. The smallest absolute Gasteiger partial charge is 0.315 e. The van der Waals surface area contributed by atoms with Crippen LogP contribution in [0.2, 0.25) is 10.0 Å². The van der Waals surface area contributed by atoms with Gasteiger partial charge in [0, 0.05) is 35.9 Å². The molecule has 1 aliphatic carbocycles. The lowest BCUT2D eigenvalue weighted by Gasteiger charge is -2.35. The number of nitrogens with zero attached hydrogens (tertiary/aromatic N) is 1. The fourth-order valence-corrected chi connectivity index (χ4v) is 4.27. The van der Waals surface area contributed by atoms with E-state index in [0.717, 1.165) is 12.1 Å². The second-order valence-electron chi connectivity index (χ2n) is 6.85. The van der Waals surface area contributed by atoms with Crippen LogP contribution in [0.3, 0.4) is 0 Å². The van der Waals surface area contributed by atoms with E-state index in [1.165, 1.54) is 0 Å². The molecule has 1 aliphatic heterocycles. The molecule has 5 nitrogen and oxygen atoms in total. The summed E-state index contributed by atoms with van der Waals surface area (Å²) in [5, 5.41) is 0.731. The highest BCUT2D eigenvalue weighted by molar-refractivity contribution is 6.42. The molecule has 2 aliphatic rings. The van der Waals surface area contributed by atoms with E-state index < -0.39 is 17.8 Å². The number of halogens is 2. The molecule has 28 heavy (non-hydrogen) atoms. The van der Waals surface area contributed by atoms with Crippen LogP contribution < -0.4 is 0 Å². The van der Waals surface area contributed by atoms with Gasteiger partial charge in [-0.2, -0.15) is 0 Å². The third kappa shape index (κ3) is 4.17. The van der Waals surface area contributed by atoms with Crippen molar-refractivity contribution < 1.29 is 19.1 Å². The molecular formula is C21H23Cl2NO4. The van der Waals surface area contributed by atoms with Crippen molar-refractivity contribution >= 4 is 40.7 Å². The van der Waals surface area contributed by atoms with E-state index in [-0.39, 0.29) is 12.4 Å². The quantitative estimate of drug-likeness (QED) is 0.488. The third-order valence-corrected chi connectivity index (χ3v) is 5.91. The van der Waals surface area contributed by atoms with Gasteiger partial charge >= 0.3 is 5.97 Å². The Bertz CT molecular complexity index is 847. The van der Waals surface area contributed by atoms with Crippen LogP contribution >= 0.6 is 23.2 Å². The molecule has 2 atom stereocenters. The number of hydrogen-bond donors (Lipinski definition) is 0. The minimum absolute atomic E-state index is 0.00524. The Morgan fingerprint density at radius 1 is 1.25 bits per heavy atom. The highest BCUT2D eigenvalue weighted by Crippen LogP contribution is 2.46. The maximum absolute atomic E-state index is 13.0. The average molecular weight is 424 g/mol. The van der Waals surface area contributed by atoms with E-state index in [2.05, 4.69) is 4.99 Å². The standard InChI is InChI=1S/C21H23Cl2NO4/c1-3-27-10-11-28-21(26)17-12(2)24-15-8-5-9-16(25)19(15)18(17)13-6-4-7-14(22)20(13)23/h4,6-7,17-18H,3,5,8-11H2,1-2H3/t17?,18-/m0/s1. The van der Waals surface area contributed by atoms with Crippen molar-refractivity contribution in [2.45, 2.75) is 39.0 Å². The molecule has 0 saturated heterocycles. The van der Waals surface area contributed by atoms with Gasteiger partial charge < -0.3 is 9.47 Å². The van der Waals surface area contributed by atoms with E-state index >= 15 is 0 Å². The van der Waals surface area contributed by atoms with Crippen molar-refractivity contribution in [2.24, 2.45) is 10.9 Å². The number of ether oxygens (including phenoxy) is 2. The largest absolute Gasteiger partial charge is 0.463 e. The minimum Gasteiger partial charge on any atom is -0.463 e. The summed E-state index contributed by atoms with van der Waals surface area (Å²) in [7, 11) is 0. The summed E-state index contributed by atoms with van der Waals surface area (Å²) in [6, 6.07) is 5.27. The zero-order chi connectivity index (χ0) is 20.3. The number of esters is 1. The number of allylic oxidation sites excluding steroid dienone is 2. The number of hydrogen-bond acceptors (Lipinski definition) is 5. The maximum atomic E-state index is 13.0. The van der Waals surface area contributed by atoms with E-state index in [9.17, 15) is 9.59 Å². The Morgan fingerprint density at radius 2 is 2.04 bits per heavy atom. The topological polar surface area (TPSA) is 65.0 Å². The Hall–Kier alpha value is -1.69. The van der Waals surface area contributed by atoms with Gasteiger partial charge in [-0.3, -0.25) is 14.6 Å². The lowest BCUT2D eigenvalue weighted by molar-refractivity contribution is -0.148. The maximum Gasteiger partial charge on any atom is 0.315 e. The fourth-order valence-electron chi connectivity index (χ4n) is 3.84. The second kappa shape index (κ2) is 9.21. The van der Waals surface area contributed by atoms with Crippen LogP contribution in [-0.4, -0.2) is 37.3 Å². The van der Waals surface area contributed by atoms with Gasteiger partial charge in [0.25, 0.3) is 0 Å². The van der Waals surface area contributed by atoms with E-state index in [4.69, 9.17) is 32.7 Å². The summed E-state index contributed by atoms with van der Waals surface area (Å²) in [4.78, 5) is 30.4. The molecule has 0 bridgehead atoms. The van der Waals surface area contributed by atoms with Gasteiger partial charge in [-0.05, 0) is 38.3 Å². The van der Waals surface area contributed by atoms with Crippen molar-refractivity contribution in [3.8, 4) is 0 Å². The molecule has 1 unspecified atom stereocenters. The van der Waals surface area contributed by atoms with Crippen LogP contribution in [0.25, 0.3) is 0 Å². The Morgan fingerprint density at radius 3 is 2.79 bits per heavy atom. The molecule has 0 radical (unpaired) electrons. The lowest BCUT2D eigenvalue weighted by atomic mass is 9.71. The average Bonchev–Trinajstić information content (AvgIpc) is 2.66. The van der Waals surface area contributed by atoms with Crippen molar-refractivity contribution in [3.63, 3.8) is 0 Å². The van der Waals surface area contributed by atoms with Gasteiger partial charge in [-0.25, -0.2) is 0 Å². The Labute approximate surface area is 174 Å². The number of aliphatic imine (C=N–C) groups is 1. The van der Waals surface area contributed by atoms with E-state index in [1.807, 2.05) is 13.0 Å². The number of carbonyl (C=O) groups is 2. The zero-order valence-electron chi connectivity index (χ0n) is 16.0. The van der Waals surface area contributed by atoms with Crippen LogP contribution in [-0.2, 0) is 19.1 Å². The second-order valence-corrected chi connectivity index (χ2v) is 7.64. The van der Waals surface area contributed by atoms with Crippen LogP contribution in [0.15, 0.2) is 34.5 Å². The molecule has 0 fully saturated rings. The minimum atomic E-state index is -0.724. The van der Waals surface area contributed by atoms with Gasteiger partial charge in [-0.15, -0.1) is 0 Å². The van der Waals surface area contributed by atoms with Crippen LogP contribution in [0.5, 0.6) is 0 Å². The first-order chi connectivity index (χ1) is 13.5. The number of benzene rings is 1. The lowest BCUT2D eigenvalue weighted by Crippen LogP contribution is -2.37. The van der Waals surface area contributed by atoms with Crippen LogP contribution in [0, 0.1) is 5.92 Å². The number of rotatable bonds is 6.